The van der Waals surface area contributed by atoms with Crippen LogP contribution in [0.5, 0.6) is 0 Å². The first-order valence-electron chi connectivity index (χ1n) is 7.55. The third-order valence-electron chi connectivity index (χ3n) is 4.41. The van der Waals surface area contributed by atoms with E-state index >= 15 is 0 Å². The van der Waals surface area contributed by atoms with Crippen molar-refractivity contribution in [1.82, 2.24) is 14.6 Å². The van der Waals surface area contributed by atoms with Crippen LogP contribution in [0.2, 0.25) is 0 Å². The summed E-state index contributed by atoms with van der Waals surface area (Å²) in [5.74, 6) is 0. The molecule has 2 aromatic rings. The topological polar surface area (TPSA) is 62.3 Å². The van der Waals surface area contributed by atoms with E-state index in [1.54, 1.807) is 25.4 Å². The summed E-state index contributed by atoms with van der Waals surface area (Å²) < 4.78 is 27.6. The monoisotopic (exact) mass is 319 g/mol. The first kappa shape index (κ1) is 15.4. The molecular formula is C16H21N3O2S. The number of hydrogen-bond donors (Lipinski definition) is 1. The Balaban J connectivity index is 2.07. The number of nitrogens with zero attached hydrogens (tertiary/aromatic N) is 2. The van der Waals surface area contributed by atoms with Crippen molar-refractivity contribution in [1.29, 1.82) is 0 Å². The summed E-state index contributed by atoms with van der Waals surface area (Å²) in [7, 11) is -1.83. The van der Waals surface area contributed by atoms with Gasteiger partial charge < -0.3 is 5.32 Å². The van der Waals surface area contributed by atoms with Gasteiger partial charge in [-0.05, 0) is 56.6 Å². The molecule has 3 rings (SSSR count). The van der Waals surface area contributed by atoms with E-state index in [0.717, 1.165) is 37.0 Å². The molecular weight excluding hydrogens is 298 g/mol. The molecule has 0 radical (unpaired) electrons. The van der Waals surface area contributed by atoms with E-state index in [2.05, 4.69) is 10.3 Å². The van der Waals surface area contributed by atoms with Gasteiger partial charge in [-0.25, -0.2) is 8.42 Å². The van der Waals surface area contributed by atoms with Crippen molar-refractivity contribution in [3.8, 4) is 0 Å². The smallest absolute Gasteiger partial charge is 0.243 e. The fraction of sp³-hybridized carbons (Fsp3) is 0.438. The lowest BCUT2D eigenvalue weighted by atomic mass is 10.1. The fourth-order valence-electron chi connectivity index (χ4n) is 3.03. The molecule has 1 aromatic heterocycles. The van der Waals surface area contributed by atoms with Crippen LogP contribution in [0.25, 0.3) is 10.9 Å². The standard InChI is InChI=1S/C16H21N3O2S/c1-12-5-6-15(14-4-3-9-18-16(12)14)22(20,21)19(2)13-7-10-17-11-8-13/h3-6,9,13,17H,7-8,10-11H2,1-2H3. The van der Waals surface area contributed by atoms with Crippen LogP contribution in [0.1, 0.15) is 18.4 Å². The maximum absolute atomic E-state index is 13.0. The molecule has 0 atom stereocenters. The number of aryl methyl sites for hydroxylation is 1. The molecule has 0 spiro atoms. The second kappa shape index (κ2) is 5.95. The van der Waals surface area contributed by atoms with Crippen molar-refractivity contribution >= 4 is 20.9 Å². The van der Waals surface area contributed by atoms with Gasteiger partial charge in [0.1, 0.15) is 0 Å². The number of benzene rings is 1. The van der Waals surface area contributed by atoms with Gasteiger partial charge in [-0.1, -0.05) is 6.07 Å². The molecule has 1 aliphatic heterocycles. The Labute approximate surface area is 131 Å². The van der Waals surface area contributed by atoms with E-state index < -0.39 is 10.0 Å². The largest absolute Gasteiger partial charge is 0.317 e. The number of aromatic nitrogens is 1. The highest BCUT2D eigenvalue weighted by Crippen LogP contribution is 2.28. The third kappa shape index (κ3) is 2.62. The number of sulfonamides is 1. The molecule has 0 saturated carbocycles. The van der Waals surface area contributed by atoms with E-state index in [4.69, 9.17) is 0 Å². The minimum atomic E-state index is -3.52. The minimum absolute atomic E-state index is 0.0549. The fourth-order valence-corrected chi connectivity index (χ4v) is 4.63. The van der Waals surface area contributed by atoms with E-state index in [1.807, 2.05) is 19.1 Å². The number of hydrogen-bond acceptors (Lipinski definition) is 4. The van der Waals surface area contributed by atoms with E-state index in [1.165, 1.54) is 4.31 Å². The molecule has 5 nitrogen and oxygen atoms in total. The van der Waals surface area contributed by atoms with Crippen molar-refractivity contribution in [3.05, 3.63) is 36.0 Å². The molecule has 118 valence electrons. The molecule has 0 bridgehead atoms. The molecule has 1 fully saturated rings. The second-order valence-electron chi connectivity index (χ2n) is 5.78. The first-order valence-corrected chi connectivity index (χ1v) is 8.99. The van der Waals surface area contributed by atoms with Crippen LogP contribution in [0.3, 0.4) is 0 Å². The molecule has 0 aliphatic carbocycles. The van der Waals surface area contributed by atoms with Crippen LogP contribution in [-0.2, 0) is 10.0 Å². The Morgan fingerprint density at radius 1 is 1.23 bits per heavy atom. The SMILES string of the molecule is Cc1ccc(S(=O)(=O)N(C)C2CCNCC2)c2cccnc12. The Morgan fingerprint density at radius 3 is 2.68 bits per heavy atom. The van der Waals surface area contributed by atoms with Gasteiger partial charge in [-0.15, -0.1) is 0 Å². The van der Waals surface area contributed by atoms with Crippen molar-refractivity contribution in [2.75, 3.05) is 20.1 Å². The summed E-state index contributed by atoms with van der Waals surface area (Å²) >= 11 is 0. The van der Waals surface area contributed by atoms with Gasteiger partial charge in [0.25, 0.3) is 0 Å². The van der Waals surface area contributed by atoms with Gasteiger partial charge in [0.15, 0.2) is 0 Å². The van der Waals surface area contributed by atoms with Crippen molar-refractivity contribution in [3.63, 3.8) is 0 Å². The first-order chi connectivity index (χ1) is 10.5. The molecule has 22 heavy (non-hydrogen) atoms. The zero-order chi connectivity index (χ0) is 15.7. The number of nitrogens with one attached hydrogen (secondary N) is 1. The lowest BCUT2D eigenvalue weighted by Crippen LogP contribution is -2.43. The summed E-state index contributed by atoms with van der Waals surface area (Å²) in [4.78, 5) is 4.68. The Hall–Kier alpha value is -1.50. The average Bonchev–Trinajstić information content (AvgIpc) is 2.55. The van der Waals surface area contributed by atoms with Crippen LogP contribution >= 0.6 is 0 Å². The summed E-state index contributed by atoms with van der Waals surface area (Å²) in [5.41, 5.74) is 1.74. The summed E-state index contributed by atoms with van der Waals surface area (Å²) in [6.07, 6.45) is 3.39. The predicted octanol–water partition coefficient (Wildman–Crippen LogP) is 1.92. The molecule has 1 saturated heterocycles. The average molecular weight is 319 g/mol. The zero-order valence-corrected chi connectivity index (χ0v) is 13.7. The lowest BCUT2D eigenvalue weighted by Gasteiger charge is -2.31. The minimum Gasteiger partial charge on any atom is -0.317 e. The highest BCUT2D eigenvalue weighted by atomic mass is 32.2. The van der Waals surface area contributed by atoms with Crippen molar-refractivity contribution < 1.29 is 8.42 Å². The number of piperidine rings is 1. The number of pyridine rings is 1. The van der Waals surface area contributed by atoms with E-state index in [0.29, 0.717) is 10.3 Å². The van der Waals surface area contributed by atoms with Gasteiger partial charge in [-0.2, -0.15) is 4.31 Å². The maximum atomic E-state index is 13.0. The quantitative estimate of drug-likeness (QED) is 0.939. The van der Waals surface area contributed by atoms with E-state index in [-0.39, 0.29) is 6.04 Å². The highest BCUT2D eigenvalue weighted by molar-refractivity contribution is 7.89. The van der Waals surface area contributed by atoms with Crippen LogP contribution in [0, 0.1) is 6.92 Å². The molecule has 6 heteroatoms. The van der Waals surface area contributed by atoms with Gasteiger partial charge in [-0.3, -0.25) is 4.98 Å². The highest BCUT2D eigenvalue weighted by Gasteiger charge is 2.30. The third-order valence-corrected chi connectivity index (χ3v) is 6.38. The molecule has 2 heterocycles. The number of fused-ring (bicyclic) bond motifs is 1. The van der Waals surface area contributed by atoms with Crippen molar-refractivity contribution in [2.24, 2.45) is 0 Å². The van der Waals surface area contributed by atoms with Crippen molar-refractivity contribution in [2.45, 2.75) is 30.7 Å². The van der Waals surface area contributed by atoms with E-state index in [9.17, 15) is 8.42 Å². The van der Waals surface area contributed by atoms with Gasteiger partial charge >= 0.3 is 0 Å². The van der Waals surface area contributed by atoms with Gasteiger partial charge in [0.05, 0.1) is 10.4 Å². The normalized spacial score (nSPS) is 17.2. The maximum Gasteiger partial charge on any atom is 0.243 e. The molecule has 0 amide bonds. The lowest BCUT2D eigenvalue weighted by molar-refractivity contribution is 0.296. The zero-order valence-electron chi connectivity index (χ0n) is 12.9. The Morgan fingerprint density at radius 2 is 1.95 bits per heavy atom. The predicted molar refractivity (Wildman–Crippen MR) is 87.3 cm³/mol. The second-order valence-corrected chi connectivity index (χ2v) is 7.75. The Kier molecular flexibility index (Phi) is 4.16. The summed E-state index contributed by atoms with van der Waals surface area (Å²) in [6.45, 7) is 3.67. The van der Waals surface area contributed by atoms with Gasteiger partial charge in [0.2, 0.25) is 10.0 Å². The molecule has 1 aliphatic rings. The summed E-state index contributed by atoms with van der Waals surface area (Å²) in [6, 6.07) is 7.20. The molecule has 1 N–H and O–H groups in total. The summed E-state index contributed by atoms with van der Waals surface area (Å²) in [5, 5.41) is 3.96. The molecule has 1 aromatic carbocycles. The number of rotatable bonds is 3. The van der Waals surface area contributed by atoms with Gasteiger partial charge in [0, 0.05) is 24.7 Å². The molecule has 0 unspecified atom stereocenters. The Bertz CT molecular complexity index is 783. The van der Waals surface area contributed by atoms with Crippen LogP contribution in [0.15, 0.2) is 35.4 Å². The van der Waals surface area contributed by atoms with Crippen LogP contribution in [-0.4, -0.2) is 43.9 Å². The van der Waals surface area contributed by atoms with Crippen LogP contribution in [0.4, 0.5) is 0 Å². The van der Waals surface area contributed by atoms with Crippen LogP contribution < -0.4 is 5.32 Å².